The molecular formula is C26H24N4O4S. The summed E-state index contributed by atoms with van der Waals surface area (Å²) in [4.78, 5) is 55.2. The quantitative estimate of drug-likeness (QED) is 0.658. The SMILES string of the molecule is N#Cc1ccc(NC(=O)C2CSCN2C(=O)c2ccc3c(c2)C(=O)N(C2CCCCC2)C3=O)cc1. The van der Waals surface area contributed by atoms with Crippen molar-refractivity contribution in [1.82, 2.24) is 9.80 Å². The Balaban J connectivity index is 1.32. The Hall–Kier alpha value is -3.64. The molecule has 1 N–H and O–H groups in total. The molecule has 9 heteroatoms. The molecule has 4 amide bonds. The number of hydrogen-bond donors (Lipinski definition) is 1. The fraction of sp³-hybridized carbons (Fsp3) is 0.346. The second-order valence-electron chi connectivity index (χ2n) is 9.00. The van der Waals surface area contributed by atoms with Gasteiger partial charge in [0.2, 0.25) is 5.91 Å². The predicted octanol–water partition coefficient (Wildman–Crippen LogP) is 3.64. The van der Waals surface area contributed by atoms with E-state index in [0.29, 0.717) is 28.4 Å². The van der Waals surface area contributed by atoms with Crippen LogP contribution in [0.5, 0.6) is 0 Å². The number of rotatable bonds is 4. The van der Waals surface area contributed by atoms with Crippen LogP contribution in [-0.2, 0) is 4.79 Å². The van der Waals surface area contributed by atoms with Crippen molar-refractivity contribution >= 4 is 41.1 Å². The number of imide groups is 1. The minimum atomic E-state index is -0.674. The Morgan fingerprint density at radius 3 is 2.40 bits per heavy atom. The van der Waals surface area contributed by atoms with Crippen molar-refractivity contribution < 1.29 is 19.2 Å². The Morgan fingerprint density at radius 2 is 1.69 bits per heavy atom. The molecule has 1 atom stereocenters. The Morgan fingerprint density at radius 1 is 0.971 bits per heavy atom. The van der Waals surface area contributed by atoms with E-state index in [4.69, 9.17) is 5.26 Å². The van der Waals surface area contributed by atoms with Gasteiger partial charge in [-0.05, 0) is 55.3 Å². The summed E-state index contributed by atoms with van der Waals surface area (Å²) in [7, 11) is 0. The average molecular weight is 489 g/mol. The van der Waals surface area contributed by atoms with E-state index in [-0.39, 0.29) is 40.8 Å². The molecule has 2 fully saturated rings. The summed E-state index contributed by atoms with van der Waals surface area (Å²) in [6, 6.07) is 12.4. The van der Waals surface area contributed by atoms with Gasteiger partial charge >= 0.3 is 0 Å². The molecule has 1 saturated heterocycles. The van der Waals surface area contributed by atoms with Gasteiger partial charge in [0.15, 0.2) is 0 Å². The van der Waals surface area contributed by atoms with Crippen LogP contribution in [0.1, 0.15) is 68.7 Å². The third-order valence-electron chi connectivity index (χ3n) is 6.83. The minimum absolute atomic E-state index is 0.0828. The van der Waals surface area contributed by atoms with E-state index in [1.54, 1.807) is 36.4 Å². The van der Waals surface area contributed by atoms with E-state index in [0.717, 1.165) is 32.1 Å². The number of nitriles is 1. The molecule has 1 aliphatic carbocycles. The number of carbonyl (C=O) groups excluding carboxylic acids is 4. The van der Waals surface area contributed by atoms with Crippen LogP contribution in [0.4, 0.5) is 5.69 Å². The molecule has 2 heterocycles. The topological polar surface area (TPSA) is 111 Å². The first-order chi connectivity index (χ1) is 17.0. The van der Waals surface area contributed by atoms with E-state index >= 15 is 0 Å². The summed E-state index contributed by atoms with van der Waals surface area (Å²) >= 11 is 1.48. The van der Waals surface area contributed by atoms with Gasteiger partial charge < -0.3 is 10.2 Å². The highest BCUT2D eigenvalue weighted by molar-refractivity contribution is 7.99. The van der Waals surface area contributed by atoms with Crippen molar-refractivity contribution in [1.29, 1.82) is 5.26 Å². The highest BCUT2D eigenvalue weighted by atomic mass is 32.2. The molecule has 8 nitrogen and oxygen atoms in total. The third-order valence-corrected chi connectivity index (χ3v) is 7.84. The minimum Gasteiger partial charge on any atom is -0.324 e. The average Bonchev–Trinajstić information content (AvgIpc) is 3.48. The van der Waals surface area contributed by atoms with Crippen molar-refractivity contribution in [3.8, 4) is 6.07 Å². The fourth-order valence-corrected chi connectivity index (χ4v) is 6.10. The molecule has 2 aromatic rings. The number of anilines is 1. The van der Waals surface area contributed by atoms with Gasteiger partial charge in [-0.2, -0.15) is 5.26 Å². The van der Waals surface area contributed by atoms with Gasteiger partial charge in [0, 0.05) is 23.0 Å². The summed E-state index contributed by atoms with van der Waals surface area (Å²) in [6.45, 7) is 0. The van der Waals surface area contributed by atoms with Crippen molar-refractivity contribution in [3.05, 3.63) is 64.7 Å². The number of nitrogens with zero attached hydrogens (tertiary/aromatic N) is 3. The first kappa shape index (κ1) is 23.1. The normalized spacial score (nSPS) is 20.0. The molecule has 0 spiro atoms. The van der Waals surface area contributed by atoms with Crippen LogP contribution in [0.2, 0.25) is 0 Å². The summed E-state index contributed by atoms with van der Waals surface area (Å²) in [5.74, 6) is -0.489. The number of benzene rings is 2. The molecule has 3 aliphatic rings. The smallest absolute Gasteiger partial charge is 0.261 e. The second-order valence-corrected chi connectivity index (χ2v) is 10.0. The third kappa shape index (κ3) is 4.30. The van der Waals surface area contributed by atoms with Crippen LogP contribution >= 0.6 is 11.8 Å². The van der Waals surface area contributed by atoms with Crippen LogP contribution in [0.25, 0.3) is 0 Å². The highest BCUT2D eigenvalue weighted by Gasteiger charge is 2.41. The van der Waals surface area contributed by atoms with Crippen molar-refractivity contribution in [2.24, 2.45) is 0 Å². The Bertz CT molecular complexity index is 1250. The molecule has 0 bridgehead atoms. The first-order valence-electron chi connectivity index (χ1n) is 11.7. The molecule has 178 valence electrons. The molecule has 2 aromatic carbocycles. The van der Waals surface area contributed by atoms with Crippen LogP contribution < -0.4 is 5.32 Å². The molecule has 1 unspecified atom stereocenters. The van der Waals surface area contributed by atoms with Crippen LogP contribution in [0.3, 0.4) is 0 Å². The van der Waals surface area contributed by atoms with Crippen molar-refractivity contribution in [2.75, 3.05) is 16.9 Å². The van der Waals surface area contributed by atoms with E-state index in [1.165, 1.54) is 27.6 Å². The summed E-state index contributed by atoms with van der Waals surface area (Å²) in [5, 5.41) is 11.7. The lowest BCUT2D eigenvalue weighted by molar-refractivity contribution is -0.119. The van der Waals surface area contributed by atoms with Crippen LogP contribution in [0.15, 0.2) is 42.5 Å². The zero-order valence-corrected chi connectivity index (χ0v) is 19.8. The van der Waals surface area contributed by atoms with Crippen LogP contribution in [0, 0.1) is 11.3 Å². The monoisotopic (exact) mass is 488 g/mol. The molecule has 1 saturated carbocycles. The van der Waals surface area contributed by atoms with Gasteiger partial charge in [0.05, 0.1) is 28.6 Å². The highest BCUT2D eigenvalue weighted by Crippen LogP contribution is 2.32. The molecule has 0 radical (unpaired) electrons. The van der Waals surface area contributed by atoms with Crippen molar-refractivity contribution in [2.45, 2.75) is 44.2 Å². The lowest BCUT2D eigenvalue weighted by Crippen LogP contribution is -2.44. The molecular weight excluding hydrogens is 464 g/mol. The van der Waals surface area contributed by atoms with Gasteiger partial charge in [-0.15, -0.1) is 11.8 Å². The number of amides is 4. The van der Waals surface area contributed by atoms with E-state index in [2.05, 4.69) is 5.32 Å². The lowest BCUT2D eigenvalue weighted by Gasteiger charge is -2.29. The van der Waals surface area contributed by atoms with Gasteiger partial charge in [0.25, 0.3) is 17.7 Å². The second kappa shape index (κ2) is 9.55. The molecule has 35 heavy (non-hydrogen) atoms. The van der Waals surface area contributed by atoms with Crippen molar-refractivity contribution in [3.63, 3.8) is 0 Å². The largest absolute Gasteiger partial charge is 0.324 e. The summed E-state index contributed by atoms with van der Waals surface area (Å²) in [6.07, 6.45) is 4.75. The standard InChI is InChI=1S/C26H24N4O4S/c27-13-16-6-9-18(10-7-16)28-23(31)22-14-35-15-29(22)24(32)17-8-11-20-21(12-17)26(34)30(25(20)33)19-4-2-1-3-5-19/h6-12,19,22H,1-5,14-15H2,(H,28,31). The summed E-state index contributed by atoms with van der Waals surface area (Å²) in [5.41, 5.74) is 1.92. The predicted molar refractivity (Wildman–Crippen MR) is 131 cm³/mol. The number of hydrogen-bond acceptors (Lipinski definition) is 6. The number of carbonyl (C=O) groups is 4. The zero-order chi connectivity index (χ0) is 24.5. The van der Waals surface area contributed by atoms with Crippen LogP contribution in [-0.4, -0.2) is 57.1 Å². The maximum atomic E-state index is 13.4. The van der Waals surface area contributed by atoms with E-state index < -0.39 is 6.04 Å². The zero-order valence-electron chi connectivity index (χ0n) is 19.0. The van der Waals surface area contributed by atoms with Gasteiger partial charge in [0.1, 0.15) is 6.04 Å². The Kier molecular flexibility index (Phi) is 6.31. The van der Waals surface area contributed by atoms with E-state index in [1.807, 2.05) is 6.07 Å². The van der Waals surface area contributed by atoms with Gasteiger partial charge in [-0.3, -0.25) is 24.1 Å². The van der Waals surface area contributed by atoms with Gasteiger partial charge in [-0.25, -0.2) is 0 Å². The maximum absolute atomic E-state index is 13.4. The Labute approximate surface area is 207 Å². The maximum Gasteiger partial charge on any atom is 0.261 e. The lowest BCUT2D eigenvalue weighted by atomic mass is 9.94. The molecule has 5 rings (SSSR count). The number of fused-ring (bicyclic) bond motifs is 1. The number of nitrogens with one attached hydrogen (secondary N) is 1. The fourth-order valence-electron chi connectivity index (χ4n) is 4.94. The van der Waals surface area contributed by atoms with E-state index in [9.17, 15) is 19.2 Å². The first-order valence-corrected chi connectivity index (χ1v) is 12.8. The molecule has 0 aromatic heterocycles. The van der Waals surface area contributed by atoms with Gasteiger partial charge in [-0.1, -0.05) is 19.3 Å². The number of thioether (sulfide) groups is 1. The summed E-state index contributed by atoms with van der Waals surface area (Å²) < 4.78 is 0. The molecule has 2 aliphatic heterocycles.